The molecule has 0 atom stereocenters. The Hall–Kier alpha value is -3.60. The van der Waals surface area contributed by atoms with Crippen molar-refractivity contribution in [2.45, 2.75) is 52.4 Å². The number of hydrogen-bond donors (Lipinski definition) is 2. The topological polar surface area (TPSA) is 67.4 Å². The molecule has 34 heavy (non-hydrogen) atoms. The van der Waals surface area contributed by atoms with Crippen molar-refractivity contribution in [2.24, 2.45) is 0 Å². The fraction of sp³-hybridized carbons (Fsp3) is 0.310. The van der Waals surface area contributed by atoms with Gasteiger partial charge in [0.15, 0.2) is 0 Å². The second kappa shape index (κ2) is 11.5. The molecule has 0 radical (unpaired) electrons. The van der Waals surface area contributed by atoms with Gasteiger partial charge in [-0.3, -0.25) is 9.59 Å². The number of ether oxygens (including phenoxy) is 1. The van der Waals surface area contributed by atoms with Crippen molar-refractivity contribution in [3.63, 3.8) is 0 Å². The minimum absolute atomic E-state index is 0.0313. The zero-order chi connectivity index (χ0) is 24.6. The van der Waals surface area contributed by atoms with E-state index < -0.39 is 0 Å². The van der Waals surface area contributed by atoms with Gasteiger partial charge in [0, 0.05) is 22.5 Å². The molecule has 0 spiro atoms. The van der Waals surface area contributed by atoms with Crippen LogP contribution in [0.2, 0.25) is 0 Å². The Morgan fingerprint density at radius 3 is 1.79 bits per heavy atom. The van der Waals surface area contributed by atoms with E-state index >= 15 is 0 Å². The summed E-state index contributed by atoms with van der Waals surface area (Å²) < 4.78 is 5.70. The molecular weight excluding hydrogens is 424 g/mol. The molecule has 178 valence electrons. The zero-order valence-corrected chi connectivity index (χ0v) is 20.5. The largest absolute Gasteiger partial charge is 0.494 e. The van der Waals surface area contributed by atoms with E-state index in [4.69, 9.17) is 4.74 Å². The molecule has 2 N–H and O–H groups in total. The van der Waals surface area contributed by atoms with Gasteiger partial charge in [-0.25, -0.2) is 0 Å². The third-order valence-corrected chi connectivity index (χ3v) is 5.52. The van der Waals surface area contributed by atoms with Crippen molar-refractivity contribution in [1.29, 1.82) is 0 Å². The van der Waals surface area contributed by atoms with Crippen molar-refractivity contribution in [2.75, 3.05) is 17.2 Å². The van der Waals surface area contributed by atoms with Crippen LogP contribution < -0.4 is 15.4 Å². The van der Waals surface area contributed by atoms with Crippen LogP contribution in [0.1, 0.15) is 73.2 Å². The highest BCUT2D eigenvalue weighted by molar-refractivity contribution is 6.06. The van der Waals surface area contributed by atoms with E-state index in [1.165, 1.54) is 5.56 Å². The molecule has 0 bridgehead atoms. The average Bonchev–Trinajstić information content (AvgIpc) is 2.82. The van der Waals surface area contributed by atoms with Gasteiger partial charge in [-0.2, -0.15) is 0 Å². The highest BCUT2D eigenvalue weighted by Gasteiger charge is 2.14. The minimum atomic E-state index is -0.223. The van der Waals surface area contributed by atoms with Crippen LogP contribution >= 0.6 is 0 Å². The van der Waals surface area contributed by atoms with Crippen molar-refractivity contribution < 1.29 is 14.3 Å². The molecule has 0 saturated carbocycles. The van der Waals surface area contributed by atoms with Crippen molar-refractivity contribution in [3.8, 4) is 5.75 Å². The maximum Gasteiger partial charge on any atom is 0.255 e. The molecule has 0 fully saturated rings. The van der Waals surface area contributed by atoms with Gasteiger partial charge in [-0.1, -0.05) is 58.7 Å². The molecule has 5 heteroatoms. The lowest BCUT2D eigenvalue weighted by Gasteiger charge is -2.19. The van der Waals surface area contributed by atoms with E-state index in [0.29, 0.717) is 29.1 Å². The predicted molar refractivity (Wildman–Crippen MR) is 139 cm³/mol. The van der Waals surface area contributed by atoms with E-state index in [1.54, 1.807) is 36.4 Å². The van der Waals surface area contributed by atoms with Crippen LogP contribution in [-0.4, -0.2) is 18.4 Å². The molecule has 0 aromatic heterocycles. The van der Waals surface area contributed by atoms with E-state index in [1.807, 2.05) is 36.4 Å². The van der Waals surface area contributed by atoms with E-state index in [-0.39, 0.29) is 17.2 Å². The highest BCUT2D eigenvalue weighted by atomic mass is 16.5. The Bertz CT molecular complexity index is 1100. The maximum atomic E-state index is 12.7. The molecule has 0 aliphatic heterocycles. The number of carbonyl (C=O) groups excluding carboxylic acids is 2. The average molecular weight is 459 g/mol. The number of hydrogen-bond acceptors (Lipinski definition) is 3. The summed E-state index contributed by atoms with van der Waals surface area (Å²) in [5.41, 5.74) is 3.53. The summed E-state index contributed by atoms with van der Waals surface area (Å²) in [5, 5.41) is 5.78. The third-order valence-electron chi connectivity index (χ3n) is 5.52. The minimum Gasteiger partial charge on any atom is -0.494 e. The van der Waals surface area contributed by atoms with Crippen LogP contribution in [0.4, 0.5) is 11.4 Å². The summed E-state index contributed by atoms with van der Waals surface area (Å²) in [7, 11) is 0. The fourth-order valence-electron chi connectivity index (χ4n) is 3.45. The standard InChI is InChI=1S/C29H34N2O3/c1-5-6-7-19-34-26-17-13-22(14-18-26)28(33)31-25-10-8-9-24(20-25)30-27(32)21-11-15-23(16-12-21)29(2,3)4/h8-18,20H,5-7,19H2,1-4H3,(H,30,32)(H,31,33). The normalized spacial score (nSPS) is 11.1. The molecule has 3 rings (SSSR count). The summed E-state index contributed by atoms with van der Waals surface area (Å²) in [6, 6.07) is 21.8. The van der Waals surface area contributed by atoms with Crippen LogP contribution in [0, 0.1) is 0 Å². The molecule has 3 aromatic rings. The van der Waals surface area contributed by atoms with Gasteiger partial charge in [0.1, 0.15) is 5.75 Å². The molecule has 5 nitrogen and oxygen atoms in total. The van der Waals surface area contributed by atoms with Crippen LogP contribution in [0.5, 0.6) is 5.75 Å². The van der Waals surface area contributed by atoms with Gasteiger partial charge < -0.3 is 15.4 Å². The lowest BCUT2D eigenvalue weighted by Crippen LogP contribution is -2.15. The van der Waals surface area contributed by atoms with E-state index in [0.717, 1.165) is 25.0 Å². The van der Waals surface area contributed by atoms with Crippen molar-refractivity contribution in [3.05, 3.63) is 89.5 Å². The van der Waals surface area contributed by atoms with Gasteiger partial charge >= 0.3 is 0 Å². The summed E-state index contributed by atoms with van der Waals surface area (Å²) in [4.78, 5) is 25.3. The first-order valence-electron chi connectivity index (χ1n) is 11.8. The molecule has 0 aliphatic rings. The fourth-order valence-corrected chi connectivity index (χ4v) is 3.45. The number of benzene rings is 3. The second-order valence-corrected chi connectivity index (χ2v) is 9.40. The quantitative estimate of drug-likeness (QED) is 0.337. The Morgan fingerprint density at radius 2 is 1.29 bits per heavy atom. The summed E-state index contributed by atoms with van der Waals surface area (Å²) in [6.07, 6.45) is 3.31. The first-order valence-corrected chi connectivity index (χ1v) is 11.8. The van der Waals surface area contributed by atoms with E-state index in [9.17, 15) is 9.59 Å². The second-order valence-electron chi connectivity index (χ2n) is 9.40. The molecular formula is C29H34N2O3. The van der Waals surface area contributed by atoms with Gasteiger partial charge in [0.25, 0.3) is 11.8 Å². The predicted octanol–water partition coefficient (Wildman–Crippen LogP) is 7.06. The Morgan fingerprint density at radius 1 is 0.765 bits per heavy atom. The Kier molecular flexibility index (Phi) is 8.47. The van der Waals surface area contributed by atoms with Crippen LogP contribution in [0.15, 0.2) is 72.8 Å². The SMILES string of the molecule is CCCCCOc1ccc(C(=O)Nc2cccc(NC(=O)c3ccc(C(C)(C)C)cc3)c2)cc1. The van der Waals surface area contributed by atoms with Gasteiger partial charge in [-0.05, 0) is 72.0 Å². The summed E-state index contributed by atoms with van der Waals surface area (Å²) >= 11 is 0. The lowest BCUT2D eigenvalue weighted by molar-refractivity contribution is 0.101. The van der Waals surface area contributed by atoms with Crippen molar-refractivity contribution in [1.82, 2.24) is 0 Å². The molecule has 0 saturated heterocycles. The van der Waals surface area contributed by atoms with Gasteiger partial charge in [0.05, 0.1) is 6.61 Å². The first-order chi connectivity index (χ1) is 16.3. The molecule has 0 heterocycles. The monoisotopic (exact) mass is 458 g/mol. The molecule has 3 aromatic carbocycles. The number of nitrogens with one attached hydrogen (secondary N) is 2. The molecule has 2 amide bonds. The smallest absolute Gasteiger partial charge is 0.255 e. The number of anilines is 2. The Labute approximate surface area is 202 Å². The summed E-state index contributed by atoms with van der Waals surface area (Å²) in [6.45, 7) is 9.25. The number of amides is 2. The number of unbranched alkanes of at least 4 members (excludes halogenated alkanes) is 2. The number of rotatable bonds is 9. The molecule has 0 aliphatic carbocycles. The zero-order valence-electron chi connectivity index (χ0n) is 20.5. The van der Waals surface area contributed by atoms with Crippen LogP contribution in [0.25, 0.3) is 0 Å². The van der Waals surface area contributed by atoms with Gasteiger partial charge in [0.2, 0.25) is 0 Å². The van der Waals surface area contributed by atoms with Crippen molar-refractivity contribution >= 4 is 23.2 Å². The van der Waals surface area contributed by atoms with Crippen LogP contribution in [0.3, 0.4) is 0 Å². The Balaban J connectivity index is 1.58. The first kappa shape index (κ1) is 25.0. The number of carbonyl (C=O) groups is 2. The van der Waals surface area contributed by atoms with Crippen LogP contribution in [-0.2, 0) is 5.41 Å². The third kappa shape index (κ3) is 7.20. The highest BCUT2D eigenvalue weighted by Crippen LogP contribution is 2.23. The van der Waals surface area contributed by atoms with Gasteiger partial charge in [-0.15, -0.1) is 0 Å². The maximum absolute atomic E-state index is 12.7. The van der Waals surface area contributed by atoms with E-state index in [2.05, 4.69) is 38.3 Å². The molecule has 0 unspecified atom stereocenters. The summed E-state index contributed by atoms with van der Waals surface area (Å²) in [5.74, 6) is 0.338. The lowest BCUT2D eigenvalue weighted by atomic mass is 9.87.